The first-order chi connectivity index (χ1) is 5.99. The summed E-state index contributed by atoms with van der Waals surface area (Å²) in [5.74, 6) is 1.33. The molecule has 0 heterocycles. The molecule has 0 bridgehead atoms. The normalized spacial score (nSPS) is 43.4. The van der Waals surface area contributed by atoms with Crippen LogP contribution in [0.25, 0.3) is 0 Å². The summed E-state index contributed by atoms with van der Waals surface area (Å²) >= 11 is 0. The average Bonchev–Trinajstić information content (AvgIpc) is 2.54. The zero-order valence-electron chi connectivity index (χ0n) is 9.14. The molecule has 0 aromatic rings. The Morgan fingerprint density at radius 2 is 1.85 bits per heavy atom. The molecule has 0 radical (unpaired) electrons. The summed E-state index contributed by atoms with van der Waals surface area (Å²) < 4.78 is 0. The molecule has 1 N–H and O–H groups in total. The molecule has 2 unspecified atom stereocenters. The van der Waals surface area contributed by atoms with Gasteiger partial charge in [-0.15, -0.1) is 0 Å². The smallest absolute Gasteiger partial charge is 0.0716 e. The molecule has 13 heavy (non-hydrogen) atoms. The van der Waals surface area contributed by atoms with E-state index < -0.39 is 0 Å². The van der Waals surface area contributed by atoms with Crippen LogP contribution in [0.15, 0.2) is 0 Å². The second kappa shape index (κ2) is 2.73. The molecule has 0 amide bonds. The second-order valence-electron chi connectivity index (χ2n) is 5.83. The molecule has 1 heteroatoms. The average molecular weight is 182 g/mol. The van der Waals surface area contributed by atoms with Crippen LogP contribution in [0.2, 0.25) is 0 Å². The van der Waals surface area contributed by atoms with Crippen molar-refractivity contribution in [2.75, 3.05) is 0 Å². The van der Waals surface area contributed by atoms with Gasteiger partial charge in [0.1, 0.15) is 0 Å². The van der Waals surface area contributed by atoms with E-state index in [2.05, 4.69) is 20.8 Å². The molecule has 0 spiro atoms. The molecular weight excluding hydrogens is 160 g/mol. The minimum atomic E-state index is -0.252. The molecular formula is C12H22O. The Morgan fingerprint density at radius 1 is 1.31 bits per heavy atom. The third-order valence-electron chi connectivity index (χ3n) is 4.41. The van der Waals surface area contributed by atoms with Gasteiger partial charge in [-0.25, -0.2) is 0 Å². The Hall–Kier alpha value is -0.0400. The van der Waals surface area contributed by atoms with Crippen LogP contribution in [-0.4, -0.2) is 10.7 Å². The van der Waals surface area contributed by atoms with Crippen LogP contribution < -0.4 is 0 Å². The van der Waals surface area contributed by atoms with Crippen LogP contribution in [-0.2, 0) is 0 Å². The molecule has 2 aliphatic carbocycles. The fourth-order valence-electron chi connectivity index (χ4n) is 3.20. The molecule has 2 atom stereocenters. The molecule has 2 fully saturated rings. The lowest BCUT2D eigenvalue weighted by atomic mass is 9.81. The number of fused-ring (bicyclic) bond motifs is 1. The molecule has 0 saturated heterocycles. The third-order valence-corrected chi connectivity index (χ3v) is 4.41. The van der Waals surface area contributed by atoms with Crippen molar-refractivity contribution in [1.29, 1.82) is 0 Å². The third kappa shape index (κ3) is 1.41. The van der Waals surface area contributed by atoms with Gasteiger partial charge >= 0.3 is 0 Å². The van der Waals surface area contributed by atoms with Crippen LogP contribution >= 0.6 is 0 Å². The van der Waals surface area contributed by atoms with Crippen molar-refractivity contribution in [2.24, 2.45) is 17.3 Å². The van der Waals surface area contributed by atoms with Crippen molar-refractivity contribution < 1.29 is 5.11 Å². The van der Waals surface area contributed by atoms with Gasteiger partial charge in [0.15, 0.2) is 0 Å². The zero-order valence-corrected chi connectivity index (χ0v) is 9.14. The largest absolute Gasteiger partial charge is 0.389 e. The molecule has 2 aliphatic rings. The number of hydrogen-bond donors (Lipinski definition) is 1. The maximum Gasteiger partial charge on any atom is 0.0716 e. The number of rotatable bonds is 3. The van der Waals surface area contributed by atoms with Crippen molar-refractivity contribution in [3.63, 3.8) is 0 Å². The summed E-state index contributed by atoms with van der Waals surface area (Å²) in [6.07, 6.45) is 6.10. The summed E-state index contributed by atoms with van der Waals surface area (Å²) in [4.78, 5) is 0. The first-order valence-corrected chi connectivity index (χ1v) is 5.72. The standard InChI is InChI=1S/C12H22O/c1-4-11(2,3)8-12(13)9-6-5-7-10(9)12/h9-10,13H,4-8H2,1-3H3. The maximum absolute atomic E-state index is 10.4. The van der Waals surface area contributed by atoms with E-state index in [9.17, 15) is 5.11 Å². The molecule has 0 aromatic carbocycles. The highest BCUT2D eigenvalue weighted by atomic mass is 16.3. The van der Waals surface area contributed by atoms with Gasteiger partial charge in [-0.05, 0) is 36.5 Å². The van der Waals surface area contributed by atoms with Gasteiger partial charge in [0.25, 0.3) is 0 Å². The van der Waals surface area contributed by atoms with Gasteiger partial charge in [0.05, 0.1) is 5.60 Å². The minimum absolute atomic E-state index is 0.252. The Morgan fingerprint density at radius 3 is 2.31 bits per heavy atom. The fraction of sp³-hybridized carbons (Fsp3) is 1.00. The van der Waals surface area contributed by atoms with Crippen molar-refractivity contribution in [3.05, 3.63) is 0 Å². The molecule has 0 aliphatic heterocycles. The maximum atomic E-state index is 10.4. The van der Waals surface area contributed by atoms with Gasteiger partial charge < -0.3 is 5.11 Å². The highest BCUT2D eigenvalue weighted by molar-refractivity contribution is 5.15. The van der Waals surface area contributed by atoms with Crippen LogP contribution in [0.3, 0.4) is 0 Å². The number of hydrogen-bond acceptors (Lipinski definition) is 1. The van der Waals surface area contributed by atoms with Gasteiger partial charge in [0, 0.05) is 0 Å². The highest BCUT2D eigenvalue weighted by Crippen LogP contribution is 2.64. The Labute approximate surface area is 81.5 Å². The topological polar surface area (TPSA) is 20.2 Å². The summed E-state index contributed by atoms with van der Waals surface area (Å²) in [6, 6.07) is 0. The van der Waals surface area contributed by atoms with E-state index in [0.717, 1.165) is 6.42 Å². The quantitative estimate of drug-likeness (QED) is 0.711. The fourth-order valence-corrected chi connectivity index (χ4v) is 3.20. The van der Waals surface area contributed by atoms with E-state index >= 15 is 0 Å². The summed E-state index contributed by atoms with van der Waals surface area (Å²) in [5.41, 5.74) is 0.0802. The predicted octanol–water partition coefficient (Wildman–Crippen LogP) is 2.97. The molecule has 2 rings (SSSR count). The lowest BCUT2D eigenvalue weighted by Crippen LogP contribution is -2.25. The molecule has 1 nitrogen and oxygen atoms in total. The van der Waals surface area contributed by atoms with Crippen molar-refractivity contribution >= 4 is 0 Å². The van der Waals surface area contributed by atoms with Crippen LogP contribution in [0.4, 0.5) is 0 Å². The van der Waals surface area contributed by atoms with E-state index in [4.69, 9.17) is 0 Å². The first kappa shape index (κ1) is 9.51. The van der Waals surface area contributed by atoms with Gasteiger partial charge in [-0.3, -0.25) is 0 Å². The number of aliphatic hydroxyl groups is 1. The summed E-state index contributed by atoms with van der Waals surface area (Å²) in [5, 5.41) is 10.4. The molecule has 76 valence electrons. The molecule has 0 aromatic heterocycles. The van der Waals surface area contributed by atoms with Crippen molar-refractivity contribution in [1.82, 2.24) is 0 Å². The van der Waals surface area contributed by atoms with Crippen molar-refractivity contribution in [3.8, 4) is 0 Å². The van der Waals surface area contributed by atoms with E-state index in [-0.39, 0.29) is 5.60 Å². The summed E-state index contributed by atoms with van der Waals surface area (Å²) in [6.45, 7) is 6.78. The van der Waals surface area contributed by atoms with E-state index in [1.807, 2.05) is 0 Å². The van der Waals surface area contributed by atoms with Crippen LogP contribution in [0.1, 0.15) is 52.9 Å². The zero-order chi connectivity index (χ0) is 9.69. The lowest BCUT2D eigenvalue weighted by Gasteiger charge is -2.28. The Balaban J connectivity index is 1.96. The van der Waals surface area contributed by atoms with E-state index in [1.165, 1.54) is 25.7 Å². The van der Waals surface area contributed by atoms with E-state index in [0.29, 0.717) is 17.3 Å². The Kier molecular flexibility index (Phi) is 1.99. The van der Waals surface area contributed by atoms with Gasteiger partial charge in [0.2, 0.25) is 0 Å². The van der Waals surface area contributed by atoms with Crippen molar-refractivity contribution in [2.45, 2.75) is 58.5 Å². The SMILES string of the molecule is CCC(C)(C)CC1(O)C2CCCC21. The second-order valence-corrected chi connectivity index (χ2v) is 5.83. The monoisotopic (exact) mass is 182 g/mol. The minimum Gasteiger partial charge on any atom is -0.389 e. The van der Waals surface area contributed by atoms with Crippen LogP contribution in [0, 0.1) is 17.3 Å². The Bertz CT molecular complexity index is 197. The molecule has 2 saturated carbocycles. The summed E-state index contributed by atoms with van der Waals surface area (Å²) in [7, 11) is 0. The van der Waals surface area contributed by atoms with Gasteiger partial charge in [-0.2, -0.15) is 0 Å². The van der Waals surface area contributed by atoms with E-state index in [1.54, 1.807) is 0 Å². The first-order valence-electron chi connectivity index (χ1n) is 5.72. The predicted molar refractivity (Wildman–Crippen MR) is 54.5 cm³/mol. The van der Waals surface area contributed by atoms with Gasteiger partial charge in [-0.1, -0.05) is 33.6 Å². The van der Waals surface area contributed by atoms with Crippen LogP contribution in [0.5, 0.6) is 0 Å². The lowest BCUT2D eigenvalue weighted by molar-refractivity contribution is 0.0543. The highest BCUT2D eigenvalue weighted by Gasteiger charge is 2.65.